The van der Waals surface area contributed by atoms with E-state index >= 15 is 0 Å². The van der Waals surface area contributed by atoms with E-state index in [1.807, 2.05) is 0 Å². The van der Waals surface area contributed by atoms with E-state index in [0.29, 0.717) is 0 Å². The molecule has 0 aliphatic carbocycles. The normalized spacial score (nSPS) is 8.56. The van der Waals surface area contributed by atoms with Gasteiger partial charge in [-0.3, -0.25) is 0 Å². The molecule has 16 heavy (non-hydrogen) atoms. The van der Waals surface area contributed by atoms with Gasteiger partial charge in [-0.15, -0.1) is 0 Å². The molecule has 0 saturated heterocycles. The molecule has 0 aliphatic heterocycles. The average molecular weight is 219 g/mol. The summed E-state index contributed by atoms with van der Waals surface area (Å²) in [6, 6.07) is 3.25. The van der Waals surface area contributed by atoms with E-state index in [1.165, 1.54) is 6.07 Å². The Morgan fingerprint density at radius 3 is 2.94 bits per heavy atom. The molecule has 0 atom stereocenters. The Morgan fingerprint density at radius 1 is 1.56 bits per heavy atom. The molecule has 0 saturated carbocycles. The van der Waals surface area contributed by atoms with E-state index in [1.54, 1.807) is 0 Å². The molecule has 0 aliphatic rings. The molecule has 0 amide bonds. The van der Waals surface area contributed by atoms with Gasteiger partial charge in [-0.05, 0) is 23.7 Å². The molecule has 5 nitrogen and oxygen atoms in total. The molecule has 0 spiro atoms. The zero-order valence-electron chi connectivity index (χ0n) is 8.01. The highest BCUT2D eigenvalue weighted by molar-refractivity contribution is 5.88. The third-order valence-electron chi connectivity index (χ3n) is 1.59. The van der Waals surface area contributed by atoms with Gasteiger partial charge >= 0.3 is 5.97 Å². The summed E-state index contributed by atoms with van der Waals surface area (Å²) in [5.74, 6) is 3.07. The summed E-state index contributed by atoms with van der Waals surface area (Å²) >= 11 is 0. The number of aromatic carboxylic acids is 1. The molecule has 1 aromatic carbocycles. The van der Waals surface area contributed by atoms with E-state index in [9.17, 15) is 9.18 Å². The number of carboxylic acid groups (broad SMARTS) is 1. The van der Waals surface area contributed by atoms with Gasteiger partial charge in [0.05, 0.1) is 12.1 Å². The number of hydrogen-bond acceptors (Lipinski definition) is 2. The monoisotopic (exact) mass is 219 g/mol. The van der Waals surface area contributed by atoms with Crippen LogP contribution in [0.5, 0.6) is 0 Å². The first kappa shape index (κ1) is 11.6. The van der Waals surface area contributed by atoms with Crippen molar-refractivity contribution in [3.8, 4) is 11.8 Å². The Kier molecular flexibility index (Phi) is 3.90. The second kappa shape index (κ2) is 5.39. The Labute approximate surface area is 90.1 Å². The van der Waals surface area contributed by atoms with Crippen LogP contribution < -0.4 is 0 Å². The second-order valence-electron chi connectivity index (χ2n) is 2.72. The highest BCUT2D eigenvalue weighted by Gasteiger charge is 2.05. The summed E-state index contributed by atoms with van der Waals surface area (Å²) in [5.41, 5.74) is 8.03. The Morgan fingerprint density at radius 2 is 2.31 bits per heavy atom. The van der Waals surface area contributed by atoms with Gasteiger partial charge in [0, 0.05) is 10.5 Å². The third-order valence-corrected chi connectivity index (χ3v) is 1.59. The standard InChI is InChI=1S/C10H6FN3O2/c11-9-5-7(2-1-3-13-14-12)4-8(6-9)10(15)16/h4-6H,3H2,(H,15,16). The minimum atomic E-state index is -1.22. The van der Waals surface area contributed by atoms with Gasteiger partial charge in [-0.25, -0.2) is 9.18 Å². The summed E-state index contributed by atoms with van der Waals surface area (Å²) in [5, 5.41) is 11.8. The lowest BCUT2D eigenvalue weighted by atomic mass is 10.1. The first-order chi connectivity index (χ1) is 7.63. The number of nitrogens with zero attached hydrogens (tertiary/aromatic N) is 3. The fraction of sp³-hybridized carbons (Fsp3) is 0.100. The zero-order valence-corrected chi connectivity index (χ0v) is 8.01. The maximum Gasteiger partial charge on any atom is 0.335 e. The number of benzene rings is 1. The molecular weight excluding hydrogens is 213 g/mol. The van der Waals surface area contributed by atoms with Crippen molar-refractivity contribution in [3.05, 3.63) is 45.6 Å². The first-order valence-corrected chi connectivity index (χ1v) is 4.17. The minimum Gasteiger partial charge on any atom is -0.478 e. The summed E-state index contributed by atoms with van der Waals surface area (Å²) in [4.78, 5) is 13.1. The van der Waals surface area contributed by atoms with Crippen molar-refractivity contribution in [3.63, 3.8) is 0 Å². The van der Waals surface area contributed by atoms with Crippen LogP contribution in [0.1, 0.15) is 15.9 Å². The molecular formula is C10H6FN3O2. The Bertz CT molecular complexity index is 525. The predicted octanol–water partition coefficient (Wildman–Crippen LogP) is 2.19. The topological polar surface area (TPSA) is 86.1 Å². The third kappa shape index (κ3) is 3.33. The molecule has 0 fully saturated rings. The fourth-order valence-electron chi connectivity index (χ4n) is 0.994. The fourth-order valence-corrected chi connectivity index (χ4v) is 0.994. The number of carboxylic acids is 1. The van der Waals surface area contributed by atoms with Crippen molar-refractivity contribution < 1.29 is 14.3 Å². The van der Waals surface area contributed by atoms with Gasteiger partial charge in [0.1, 0.15) is 5.82 Å². The quantitative estimate of drug-likeness (QED) is 0.357. The predicted molar refractivity (Wildman–Crippen MR) is 54.3 cm³/mol. The van der Waals surface area contributed by atoms with Crippen LogP contribution in [-0.2, 0) is 0 Å². The van der Waals surface area contributed by atoms with Gasteiger partial charge in [-0.1, -0.05) is 17.0 Å². The molecule has 1 rings (SSSR count). The molecule has 80 valence electrons. The van der Waals surface area contributed by atoms with Crippen molar-refractivity contribution in [2.24, 2.45) is 5.11 Å². The SMILES string of the molecule is [N-]=[N+]=NCC#Cc1cc(F)cc(C(=O)O)c1. The molecule has 0 radical (unpaired) electrons. The van der Waals surface area contributed by atoms with E-state index in [0.717, 1.165) is 12.1 Å². The summed E-state index contributed by atoms with van der Waals surface area (Å²) in [7, 11) is 0. The second-order valence-corrected chi connectivity index (χ2v) is 2.72. The maximum atomic E-state index is 13.0. The minimum absolute atomic E-state index is 0.0462. The molecule has 6 heteroatoms. The van der Waals surface area contributed by atoms with E-state index in [2.05, 4.69) is 21.9 Å². The van der Waals surface area contributed by atoms with E-state index in [-0.39, 0.29) is 17.7 Å². The molecule has 0 aromatic heterocycles. The summed E-state index contributed by atoms with van der Waals surface area (Å²) < 4.78 is 13.0. The number of carbonyl (C=O) groups is 1. The largest absolute Gasteiger partial charge is 0.478 e. The van der Waals surface area contributed by atoms with Crippen molar-refractivity contribution in [1.82, 2.24) is 0 Å². The number of halogens is 1. The van der Waals surface area contributed by atoms with Crippen LogP contribution in [0.3, 0.4) is 0 Å². The number of hydrogen-bond donors (Lipinski definition) is 1. The molecule has 1 N–H and O–H groups in total. The van der Waals surface area contributed by atoms with Crippen LogP contribution >= 0.6 is 0 Å². The zero-order chi connectivity index (χ0) is 12.0. The van der Waals surface area contributed by atoms with Crippen molar-refractivity contribution in [2.45, 2.75) is 0 Å². The average Bonchev–Trinajstić information content (AvgIpc) is 2.23. The maximum absolute atomic E-state index is 13.0. The summed E-state index contributed by atoms with van der Waals surface area (Å²) in [6.45, 7) is -0.0462. The van der Waals surface area contributed by atoms with Crippen molar-refractivity contribution in [2.75, 3.05) is 6.54 Å². The molecule has 0 heterocycles. The number of azide groups is 1. The molecule has 0 unspecified atom stereocenters. The van der Waals surface area contributed by atoms with E-state index < -0.39 is 11.8 Å². The van der Waals surface area contributed by atoms with Crippen LogP contribution in [0, 0.1) is 17.7 Å². The van der Waals surface area contributed by atoms with Crippen molar-refractivity contribution >= 4 is 5.97 Å². The van der Waals surface area contributed by atoms with E-state index in [4.69, 9.17) is 10.6 Å². The van der Waals surface area contributed by atoms with Crippen LogP contribution in [0.4, 0.5) is 4.39 Å². The Hall–Kier alpha value is -2.51. The first-order valence-electron chi connectivity index (χ1n) is 4.17. The van der Waals surface area contributed by atoms with Gasteiger partial charge in [0.2, 0.25) is 0 Å². The lowest BCUT2D eigenvalue weighted by Crippen LogP contribution is -1.97. The van der Waals surface area contributed by atoms with Crippen LogP contribution in [0.2, 0.25) is 0 Å². The molecule has 0 bridgehead atoms. The Balaban J connectivity index is 2.99. The lowest BCUT2D eigenvalue weighted by molar-refractivity contribution is 0.0696. The summed E-state index contributed by atoms with van der Waals surface area (Å²) in [6.07, 6.45) is 0. The van der Waals surface area contributed by atoms with Crippen molar-refractivity contribution in [1.29, 1.82) is 0 Å². The van der Waals surface area contributed by atoms with Gasteiger partial charge < -0.3 is 5.11 Å². The van der Waals surface area contributed by atoms with Crippen LogP contribution in [-0.4, -0.2) is 17.6 Å². The molecule has 1 aromatic rings. The van der Waals surface area contributed by atoms with Crippen LogP contribution in [0.25, 0.3) is 10.4 Å². The number of rotatable bonds is 2. The van der Waals surface area contributed by atoms with Gasteiger partial charge in [0.25, 0.3) is 0 Å². The van der Waals surface area contributed by atoms with Gasteiger partial charge in [0.15, 0.2) is 0 Å². The smallest absolute Gasteiger partial charge is 0.335 e. The van der Waals surface area contributed by atoms with Crippen LogP contribution in [0.15, 0.2) is 23.3 Å². The highest BCUT2D eigenvalue weighted by atomic mass is 19.1. The lowest BCUT2D eigenvalue weighted by Gasteiger charge is -1.96. The highest BCUT2D eigenvalue weighted by Crippen LogP contribution is 2.08. The van der Waals surface area contributed by atoms with Gasteiger partial charge in [-0.2, -0.15) is 0 Å².